The van der Waals surface area contributed by atoms with Crippen LogP contribution in [0.5, 0.6) is 11.5 Å². The van der Waals surface area contributed by atoms with Crippen LogP contribution in [-0.4, -0.2) is 54.8 Å². The van der Waals surface area contributed by atoms with Gasteiger partial charge in [-0.15, -0.1) is 12.4 Å². The van der Waals surface area contributed by atoms with Gasteiger partial charge in [0.1, 0.15) is 11.9 Å². The summed E-state index contributed by atoms with van der Waals surface area (Å²) in [5, 5.41) is 5.83. The highest BCUT2D eigenvalue weighted by molar-refractivity contribution is 6.05. The van der Waals surface area contributed by atoms with Crippen molar-refractivity contribution in [3.8, 4) is 11.5 Å². The van der Waals surface area contributed by atoms with Gasteiger partial charge >= 0.3 is 0 Å². The molecule has 0 radical (unpaired) electrons. The summed E-state index contributed by atoms with van der Waals surface area (Å²) in [5.74, 6) is 1.57. The number of imidazole rings is 1. The van der Waals surface area contributed by atoms with Crippen molar-refractivity contribution in [3.05, 3.63) is 47.8 Å². The summed E-state index contributed by atoms with van der Waals surface area (Å²) in [6.45, 7) is 1.13. The number of aromatic nitrogens is 2. The van der Waals surface area contributed by atoms with Crippen LogP contribution >= 0.6 is 12.4 Å². The summed E-state index contributed by atoms with van der Waals surface area (Å²) in [6.07, 6.45) is 1.96. The van der Waals surface area contributed by atoms with Crippen LogP contribution < -0.4 is 20.1 Å². The molecule has 2 amide bonds. The zero-order valence-electron chi connectivity index (χ0n) is 19.4. The molecule has 9 nitrogen and oxygen atoms in total. The Morgan fingerprint density at radius 3 is 2.65 bits per heavy atom. The lowest BCUT2D eigenvalue weighted by atomic mass is 10.1. The average Bonchev–Trinajstić information content (AvgIpc) is 3.47. The number of aryl methyl sites for hydroxylation is 1. The lowest BCUT2D eigenvalue weighted by molar-refractivity contribution is -0.130. The molecule has 10 heteroatoms. The molecule has 1 aliphatic rings. The maximum absolute atomic E-state index is 12.7. The molecule has 2 aromatic carbocycles. The maximum atomic E-state index is 12.7. The van der Waals surface area contributed by atoms with E-state index < -0.39 is 0 Å². The highest BCUT2D eigenvalue weighted by Gasteiger charge is 2.23. The van der Waals surface area contributed by atoms with E-state index in [1.165, 1.54) is 7.11 Å². The molecule has 2 heterocycles. The minimum absolute atomic E-state index is 0. The van der Waals surface area contributed by atoms with E-state index in [0.29, 0.717) is 42.3 Å². The number of ether oxygens (including phenoxy) is 3. The van der Waals surface area contributed by atoms with Crippen molar-refractivity contribution in [1.29, 1.82) is 0 Å². The van der Waals surface area contributed by atoms with Gasteiger partial charge in [-0.1, -0.05) is 0 Å². The molecule has 1 atom stereocenters. The molecular formula is C24H29ClN4O5. The van der Waals surface area contributed by atoms with Crippen LogP contribution in [0.3, 0.4) is 0 Å². The summed E-state index contributed by atoms with van der Waals surface area (Å²) >= 11 is 0. The van der Waals surface area contributed by atoms with Crippen molar-refractivity contribution in [2.45, 2.75) is 25.4 Å². The normalized spacial score (nSPS) is 15.0. The highest BCUT2D eigenvalue weighted by Crippen LogP contribution is 2.28. The van der Waals surface area contributed by atoms with Gasteiger partial charge in [-0.2, -0.15) is 0 Å². The molecule has 0 spiro atoms. The van der Waals surface area contributed by atoms with E-state index in [0.717, 1.165) is 29.7 Å². The topological polar surface area (TPSA) is 104 Å². The summed E-state index contributed by atoms with van der Waals surface area (Å²) in [4.78, 5) is 29.5. The number of benzene rings is 2. The van der Waals surface area contributed by atoms with Gasteiger partial charge in [0.15, 0.2) is 11.5 Å². The standard InChI is InChI=1S/C24H28N4O5.ClH/c1-28-18-8-7-16(26-23(29)15-6-9-19(31-2)21(13-15)32-3)14-17(18)27-22(28)10-11-25-24(30)20-5-4-12-33-20;/h6-9,13-14,20H,4-5,10-12H2,1-3H3,(H,25,30)(H,26,29);1H. The Balaban J connectivity index is 0.00000324. The second kappa shape index (κ2) is 11.2. The minimum atomic E-state index is -0.331. The van der Waals surface area contributed by atoms with Crippen LogP contribution in [0, 0.1) is 0 Å². The number of amides is 2. The Labute approximate surface area is 204 Å². The first-order valence-electron chi connectivity index (χ1n) is 10.9. The molecule has 0 bridgehead atoms. The summed E-state index contributed by atoms with van der Waals surface area (Å²) in [5.41, 5.74) is 2.80. The fourth-order valence-corrected chi connectivity index (χ4v) is 3.93. The van der Waals surface area contributed by atoms with Crippen LogP contribution in [-0.2, 0) is 23.0 Å². The first-order valence-corrected chi connectivity index (χ1v) is 10.9. The summed E-state index contributed by atoms with van der Waals surface area (Å²) < 4.78 is 17.9. The van der Waals surface area contributed by atoms with Gasteiger partial charge in [-0.3, -0.25) is 9.59 Å². The zero-order valence-corrected chi connectivity index (χ0v) is 20.2. The number of rotatable bonds is 8. The molecule has 0 saturated carbocycles. The summed E-state index contributed by atoms with van der Waals surface area (Å²) in [6, 6.07) is 10.6. The van der Waals surface area contributed by atoms with E-state index in [1.54, 1.807) is 25.3 Å². The van der Waals surface area contributed by atoms with Crippen molar-refractivity contribution in [1.82, 2.24) is 14.9 Å². The Morgan fingerprint density at radius 1 is 1.15 bits per heavy atom. The molecule has 1 fully saturated rings. The molecule has 1 aliphatic heterocycles. The first-order chi connectivity index (χ1) is 16.0. The van der Waals surface area contributed by atoms with Gasteiger partial charge in [-0.25, -0.2) is 4.98 Å². The molecule has 182 valence electrons. The molecule has 1 saturated heterocycles. The molecule has 1 unspecified atom stereocenters. The Morgan fingerprint density at radius 2 is 1.94 bits per heavy atom. The van der Waals surface area contributed by atoms with E-state index >= 15 is 0 Å². The van der Waals surface area contributed by atoms with Crippen LogP contribution in [0.25, 0.3) is 11.0 Å². The number of halogens is 1. The third kappa shape index (κ3) is 5.43. The lowest BCUT2D eigenvalue weighted by Crippen LogP contribution is -2.35. The lowest BCUT2D eigenvalue weighted by Gasteiger charge is -2.10. The van der Waals surface area contributed by atoms with Gasteiger partial charge in [0, 0.05) is 37.9 Å². The van der Waals surface area contributed by atoms with Crippen LogP contribution in [0.1, 0.15) is 29.0 Å². The van der Waals surface area contributed by atoms with Gasteiger partial charge in [0.2, 0.25) is 5.91 Å². The Hall–Kier alpha value is -3.30. The monoisotopic (exact) mass is 488 g/mol. The fourth-order valence-electron chi connectivity index (χ4n) is 3.93. The van der Waals surface area contributed by atoms with Crippen molar-refractivity contribution < 1.29 is 23.8 Å². The van der Waals surface area contributed by atoms with Crippen LogP contribution in [0.4, 0.5) is 5.69 Å². The molecular weight excluding hydrogens is 460 g/mol. The average molecular weight is 489 g/mol. The van der Waals surface area contributed by atoms with Gasteiger partial charge < -0.3 is 29.4 Å². The molecule has 2 N–H and O–H groups in total. The molecule has 3 aromatic rings. The van der Waals surface area contributed by atoms with Crippen molar-refractivity contribution >= 4 is 40.9 Å². The molecule has 0 aliphatic carbocycles. The van der Waals surface area contributed by atoms with E-state index in [-0.39, 0.29) is 30.3 Å². The Bertz CT molecular complexity index is 1170. The number of anilines is 1. The highest BCUT2D eigenvalue weighted by atomic mass is 35.5. The number of nitrogens with zero attached hydrogens (tertiary/aromatic N) is 2. The second-order valence-electron chi connectivity index (χ2n) is 7.86. The van der Waals surface area contributed by atoms with E-state index in [2.05, 4.69) is 15.6 Å². The SMILES string of the molecule is COc1ccc(C(=O)Nc2ccc3c(c2)nc(CCNC(=O)C2CCCO2)n3C)cc1OC.Cl. The van der Waals surface area contributed by atoms with Gasteiger partial charge in [0.25, 0.3) is 5.91 Å². The second-order valence-corrected chi connectivity index (χ2v) is 7.86. The maximum Gasteiger partial charge on any atom is 0.255 e. The van der Waals surface area contributed by atoms with Crippen molar-refractivity contribution in [2.24, 2.45) is 7.05 Å². The van der Waals surface area contributed by atoms with E-state index in [9.17, 15) is 9.59 Å². The van der Waals surface area contributed by atoms with Gasteiger partial charge in [0.05, 0.1) is 25.3 Å². The van der Waals surface area contributed by atoms with Gasteiger partial charge in [-0.05, 0) is 49.2 Å². The van der Waals surface area contributed by atoms with Crippen molar-refractivity contribution in [2.75, 3.05) is 32.7 Å². The Kier molecular flexibility index (Phi) is 8.36. The van der Waals surface area contributed by atoms with Crippen LogP contribution in [0.2, 0.25) is 0 Å². The summed E-state index contributed by atoms with van der Waals surface area (Å²) in [7, 11) is 5.01. The fraction of sp³-hybridized carbons (Fsp3) is 0.375. The van der Waals surface area contributed by atoms with Crippen molar-refractivity contribution in [3.63, 3.8) is 0 Å². The quantitative estimate of drug-likeness (QED) is 0.505. The minimum Gasteiger partial charge on any atom is -0.493 e. The first kappa shape index (κ1) is 25.3. The van der Waals surface area contributed by atoms with E-state index in [4.69, 9.17) is 14.2 Å². The number of carbonyl (C=O) groups excluding carboxylic acids is 2. The third-order valence-electron chi connectivity index (χ3n) is 5.75. The predicted molar refractivity (Wildman–Crippen MR) is 131 cm³/mol. The number of methoxy groups -OCH3 is 2. The largest absolute Gasteiger partial charge is 0.493 e. The smallest absolute Gasteiger partial charge is 0.255 e. The number of fused-ring (bicyclic) bond motifs is 1. The predicted octanol–water partition coefficient (Wildman–Crippen LogP) is 3.10. The molecule has 4 rings (SSSR count). The molecule has 34 heavy (non-hydrogen) atoms. The number of carbonyl (C=O) groups is 2. The van der Waals surface area contributed by atoms with E-state index in [1.807, 2.05) is 29.8 Å². The third-order valence-corrected chi connectivity index (χ3v) is 5.75. The number of hydrogen-bond donors (Lipinski definition) is 2. The number of hydrogen-bond acceptors (Lipinski definition) is 6. The number of nitrogens with one attached hydrogen (secondary N) is 2. The van der Waals surface area contributed by atoms with Crippen LogP contribution in [0.15, 0.2) is 36.4 Å². The zero-order chi connectivity index (χ0) is 23.4. The molecule has 1 aromatic heterocycles.